The summed E-state index contributed by atoms with van der Waals surface area (Å²) in [6.07, 6.45) is 0. The van der Waals surface area contributed by atoms with Gasteiger partial charge in [-0.3, -0.25) is 4.79 Å². The van der Waals surface area contributed by atoms with Crippen molar-refractivity contribution in [3.63, 3.8) is 0 Å². The highest BCUT2D eigenvalue weighted by atomic mass is 32.1. The molecule has 0 aliphatic heterocycles. The zero-order chi connectivity index (χ0) is 18.1. The Morgan fingerprint density at radius 1 is 1.24 bits per heavy atom. The molecule has 0 saturated heterocycles. The summed E-state index contributed by atoms with van der Waals surface area (Å²) >= 11 is 1.54. The Balaban J connectivity index is 1.90. The molecule has 0 saturated carbocycles. The number of carbonyl (C=O) groups excluding carboxylic acids is 1. The molecule has 1 aromatic carbocycles. The minimum Gasteiger partial charge on any atom is -0.384 e. The van der Waals surface area contributed by atoms with Crippen LogP contribution < -0.4 is 16.0 Å². The lowest BCUT2D eigenvalue weighted by molar-refractivity contribution is -0.114. The topological polar surface area (TPSA) is 85.8 Å². The predicted molar refractivity (Wildman–Crippen MR) is 103 cm³/mol. The largest absolute Gasteiger partial charge is 0.384 e. The van der Waals surface area contributed by atoms with Gasteiger partial charge < -0.3 is 21.1 Å². The maximum atomic E-state index is 12.0. The van der Waals surface area contributed by atoms with Crippen molar-refractivity contribution >= 4 is 28.9 Å². The van der Waals surface area contributed by atoms with Gasteiger partial charge in [0.2, 0.25) is 5.91 Å². The Morgan fingerprint density at radius 3 is 2.64 bits per heavy atom. The molecule has 25 heavy (non-hydrogen) atoms. The molecule has 134 valence electrons. The van der Waals surface area contributed by atoms with E-state index in [1.54, 1.807) is 6.92 Å². The van der Waals surface area contributed by atoms with E-state index in [1.165, 1.54) is 11.3 Å². The van der Waals surface area contributed by atoms with Crippen molar-refractivity contribution in [2.45, 2.75) is 19.4 Å². The third-order valence-corrected chi connectivity index (χ3v) is 4.21. The zero-order valence-electron chi connectivity index (χ0n) is 14.5. The molecule has 1 aromatic heterocycles. The Bertz CT molecular complexity index is 684. The third kappa shape index (κ3) is 6.21. The van der Waals surface area contributed by atoms with E-state index in [2.05, 4.69) is 20.9 Å². The Labute approximate surface area is 152 Å². The number of benzene rings is 1. The van der Waals surface area contributed by atoms with Crippen molar-refractivity contribution in [1.29, 1.82) is 0 Å². The van der Waals surface area contributed by atoms with Crippen molar-refractivity contribution in [2.75, 3.05) is 25.0 Å². The lowest BCUT2D eigenvalue weighted by Gasteiger charge is -2.24. The fourth-order valence-corrected chi connectivity index (χ4v) is 2.93. The second kappa shape index (κ2) is 9.19. The van der Waals surface area contributed by atoms with Crippen LogP contribution in [0.1, 0.15) is 19.4 Å². The molecule has 0 aliphatic carbocycles. The highest BCUT2D eigenvalue weighted by molar-refractivity contribution is 7.08. The summed E-state index contributed by atoms with van der Waals surface area (Å²) in [6, 6.07) is 11.1. The summed E-state index contributed by atoms with van der Waals surface area (Å²) in [7, 11) is 0. The van der Waals surface area contributed by atoms with E-state index in [-0.39, 0.29) is 19.0 Å². The number of hydrogen-bond acceptors (Lipinski definition) is 4. The molecule has 2 aromatic rings. The standard InChI is InChI=1S/C18H24N4O2S/c1-3-19-17(21-13-18(2,24)14-9-10-25-12-14)20-11-16(23)22-15-7-5-4-6-8-15/h4-10,12,24H,3,11,13H2,1-2H3,(H,22,23)(H2,19,20,21). The van der Waals surface area contributed by atoms with Crippen molar-refractivity contribution in [1.82, 2.24) is 10.6 Å². The molecule has 0 fully saturated rings. The van der Waals surface area contributed by atoms with Crippen molar-refractivity contribution in [3.8, 4) is 0 Å². The number of anilines is 1. The summed E-state index contributed by atoms with van der Waals surface area (Å²) in [4.78, 5) is 16.3. The van der Waals surface area contributed by atoms with Crippen LogP contribution >= 0.6 is 11.3 Å². The molecule has 0 bridgehead atoms. The van der Waals surface area contributed by atoms with Crippen LogP contribution in [0.2, 0.25) is 0 Å². The number of amides is 1. The lowest BCUT2D eigenvalue weighted by atomic mass is 9.99. The van der Waals surface area contributed by atoms with Crippen LogP contribution in [0.4, 0.5) is 5.69 Å². The summed E-state index contributed by atoms with van der Waals surface area (Å²) in [5, 5.41) is 23.3. The number of carbonyl (C=O) groups is 1. The number of aliphatic hydroxyl groups is 1. The first-order valence-electron chi connectivity index (χ1n) is 8.13. The van der Waals surface area contributed by atoms with Crippen LogP contribution in [-0.4, -0.2) is 36.6 Å². The van der Waals surface area contributed by atoms with E-state index in [4.69, 9.17) is 0 Å². The van der Waals surface area contributed by atoms with Gasteiger partial charge in [-0.1, -0.05) is 18.2 Å². The fraction of sp³-hybridized carbons (Fsp3) is 0.333. The van der Waals surface area contributed by atoms with Gasteiger partial charge in [-0.25, -0.2) is 4.99 Å². The van der Waals surface area contributed by atoms with Crippen LogP contribution in [0, 0.1) is 0 Å². The van der Waals surface area contributed by atoms with E-state index in [0.717, 1.165) is 11.3 Å². The Morgan fingerprint density at radius 2 is 2.00 bits per heavy atom. The normalized spacial score (nSPS) is 13.8. The average molecular weight is 360 g/mol. The van der Waals surface area contributed by atoms with Crippen molar-refractivity contribution < 1.29 is 9.90 Å². The van der Waals surface area contributed by atoms with Gasteiger partial charge in [0, 0.05) is 12.2 Å². The minimum absolute atomic E-state index is 0.00911. The molecule has 0 spiro atoms. The SMILES string of the molecule is CCNC(=NCC(=O)Nc1ccccc1)NCC(C)(O)c1ccsc1. The number of aliphatic imine (C=N–C) groups is 1. The second-order valence-corrected chi connectivity index (χ2v) is 6.53. The van der Waals surface area contributed by atoms with Crippen LogP contribution in [0.15, 0.2) is 52.2 Å². The average Bonchev–Trinajstić information content (AvgIpc) is 3.14. The molecule has 1 amide bonds. The molecule has 1 unspecified atom stereocenters. The van der Waals surface area contributed by atoms with Crippen LogP contribution in [-0.2, 0) is 10.4 Å². The van der Waals surface area contributed by atoms with Crippen molar-refractivity contribution in [3.05, 3.63) is 52.7 Å². The van der Waals surface area contributed by atoms with Gasteiger partial charge in [-0.15, -0.1) is 0 Å². The number of thiophene rings is 1. The van der Waals surface area contributed by atoms with E-state index >= 15 is 0 Å². The minimum atomic E-state index is -1.01. The van der Waals surface area contributed by atoms with Crippen LogP contribution in [0.5, 0.6) is 0 Å². The summed E-state index contributed by atoms with van der Waals surface area (Å²) in [5.74, 6) is 0.286. The highest BCUT2D eigenvalue weighted by Gasteiger charge is 2.23. The van der Waals surface area contributed by atoms with E-state index < -0.39 is 5.60 Å². The smallest absolute Gasteiger partial charge is 0.246 e. The first kappa shape index (κ1) is 19.0. The third-order valence-electron chi connectivity index (χ3n) is 3.53. The van der Waals surface area contributed by atoms with Gasteiger partial charge in [-0.2, -0.15) is 11.3 Å². The van der Waals surface area contributed by atoms with E-state index in [1.807, 2.05) is 54.1 Å². The summed E-state index contributed by atoms with van der Waals surface area (Å²) in [5.41, 5.74) is 0.575. The maximum Gasteiger partial charge on any atom is 0.246 e. The highest BCUT2D eigenvalue weighted by Crippen LogP contribution is 2.21. The van der Waals surface area contributed by atoms with E-state index in [0.29, 0.717) is 12.5 Å². The van der Waals surface area contributed by atoms with Gasteiger partial charge in [0.05, 0.1) is 6.54 Å². The molecule has 4 N–H and O–H groups in total. The quantitative estimate of drug-likeness (QED) is 0.450. The molecule has 7 heteroatoms. The Hall–Kier alpha value is -2.38. The molecular weight excluding hydrogens is 336 g/mol. The second-order valence-electron chi connectivity index (χ2n) is 5.75. The predicted octanol–water partition coefficient (Wildman–Crippen LogP) is 2.15. The van der Waals surface area contributed by atoms with Gasteiger partial charge in [0.25, 0.3) is 0 Å². The van der Waals surface area contributed by atoms with Gasteiger partial charge in [0.1, 0.15) is 12.1 Å². The number of hydrogen-bond donors (Lipinski definition) is 4. The molecule has 6 nitrogen and oxygen atoms in total. The Kier molecular flexibility index (Phi) is 6.97. The fourth-order valence-electron chi connectivity index (χ4n) is 2.14. The molecule has 0 radical (unpaired) electrons. The number of nitrogens with one attached hydrogen (secondary N) is 3. The van der Waals surface area contributed by atoms with Gasteiger partial charge in [0.15, 0.2) is 5.96 Å². The van der Waals surface area contributed by atoms with Gasteiger partial charge >= 0.3 is 0 Å². The molecule has 2 rings (SSSR count). The van der Waals surface area contributed by atoms with Gasteiger partial charge in [-0.05, 0) is 48.4 Å². The number of rotatable bonds is 7. The van der Waals surface area contributed by atoms with Crippen molar-refractivity contribution in [2.24, 2.45) is 4.99 Å². The summed E-state index contributed by atoms with van der Waals surface area (Å²) in [6.45, 7) is 4.62. The first-order chi connectivity index (χ1) is 12.0. The number of nitrogens with zero attached hydrogens (tertiary/aromatic N) is 1. The zero-order valence-corrected chi connectivity index (χ0v) is 15.3. The molecule has 0 aliphatic rings. The molecular formula is C18H24N4O2S. The van der Waals surface area contributed by atoms with Crippen LogP contribution in [0.25, 0.3) is 0 Å². The maximum absolute atomic E-state index is 12.0. The number of para-hydroxylation sites is 1. The molecule has 1 atom stereocenters. The number of guanidine groups is 1. The molecule has 1 heterocycles. The monoisotopic (exact) mass is 360 g/mol. The van der Waals surface area contributed by atoms with E-state index in [9.17, 15) is 9.90 Å². The summed E-state index contributed by atoms with van der Waals surface area (Å²) < 4.78 is 0. The van der Waals surface area contributed by atoms with Crippen LogP contribution in [0.3, 0.4) is 0 Å². The first-order valence-corrected chi connectivity index (χ1v) is 9.07. The lowest BCUT2D eigenvalue weighted by Crippen LogP contribution is -2.44.